The Morgan fingerprint density at radius 3 is 2.10 bits per heavy atom. The molecule has 0 aliphatic rings. The van der Waals surface area contributed by atoms with Crippen LogP contribution in [-0.4, -0.2) is 36.4 Å². The van der Waals surface area contributed by atoms with Crippen molar-refractivity contribution in [1.29, 1.82) is 0 Å². The van der Waals surface area contributed by atoms with Gasteiger partial charge in [0, 0.05) is 24.5 Å². The number of hydrogen-bond donors (Lipinski definition) is 1. The number of hydrogen-bond acceptors (Lipinski definition) is 3. The molecule has 0 aliphatic heterocycles. The van der Waals surface area contributed by atoms with Crippen LogP contribution in [0.2, 0.25) is 5.02 Å². The molecule has 0 saturated heterocycles. The van der Waals surface area contributed by atoms with Crippen molar-refractivity contribution in [2.24, 2.45) is 0 Å². The molecule has 0 heterocycles. The van der Waals surface area contributed by atoms with Crippen molar-refractivity contribution in [3.63, 3.8) is 0 Å². The van der Waals surface area contributed by atoms with Crippen molar-refractivity contribution in [3.05, 3.63) is 136 Å². The standard InChI is InChI=1S/C33H32ClFN2O3/c1-40-30-17-11-24(12-18-30)19-20-36-33(39)31(21-25-5-3-2-4-6-25)37(23-27-9-15-29(35)16-10-27)32(38)22-26-7-13-28(34)14-8-26/h2-18,31H,19-23H2,1H3,(H,36,39)/t31-/m0/s1. The van der Waals surface area contributed by atoms with E-state index in [1.807, 2.05) is 54.6 Å². The number of halogens is 2. The Balaban J connectivity index is 1.58. The summed E-state index contributed by atoms with van der Waals surface area (Å²) in [6.45, 7) is 0.572. The van der Waals surface area contributed by atoms with Crippen LogP contribution in [0, 0.1) is 5.82 Å². The zero-order chi connectivity index (χ0) is 28.3. The van der Waals surface area contributed by atoms with Crippen molar-refractivity contribution in [1.82, 2.24) is 10.2 Å². The van der Waals surface area contributed by atoms with Crippen LogP contribution >= 0.6 is 11.6 Å². The van der Waals surface area contributed by atoms with Gasteiger partial charge < -0.3 is 15.0 Å². The summed E-state index contributed by atoms with van der Waals surface area (Å²) in [4.78, 5) is 29.1. The van der Waals surface area contributed by atoms with Crippen LogP contribution in [0.3, 0.4) is 0 Å². The second-order valence-electron chi connectivity index (χ2n) is 9.55. The van der Waals surface area contributed by atoms with E-state index in [-0.39, 0.29) is 30.6 Å². The van der Waals surface area contributed by atoms with Gasteiger partial charge in [-0.2, -0.15) is 0 Å². The number of methoxy groups -OCH3 is 1. The van der Waals surface area contributed by atoms with Gasteiger partial charge in [0.25, 0.3) is 0 Å². The smallest absolute Gasteiger partial charge is 0.243 e. The number of benzene rings is 4. The minimum absolute atomic E-state index is 0.1000. The van der Waals surface area contributed by atoms with Gasteiger partial charge in [0.15, 0.2) is 0 Å². The van der Waals surface area contributed by atoms with E-state index in [0.717, 1.165) is 28.0 Å². The molecule has 40 heavy (non-hydrogen) atoms. The molecule has 4 aromatic carbocycles. The van der Waals surface area contributed by atoms with E-state index in [2.05, 4.69) is 5.32 Å². The molecular weight excluding hydrogens is 527 g/mol. The number of ether oxygens (including phenoxy) is 1. The molecule has 206 valence electrons. The summed E-state index contributed by atoms with van der Waals surface area (Å²) in [5.74, 6) is -0.0481. The predicted octanol–water partition coefficient (Wildman–Crippen LogP) is 6.03. The summed E-state index contributed by atoms with van der Waals surface area (Å²) in [5, 5.41) is 3.62. The van der Waals surface area contributed by atoms with Gasteiger partial charge >= 0.3 is 0 Å². The van der Waals surface area contributed by atoms with Crippen molar-refractivity contribution < 1.29 is 18.7 Å². The van der Waals surface area contributed by atoms with Crippen molar-refractivity contribution in [3.8, 4) is 5.75 Å². The highest BCUT2D eigenvalue weighted by Crippen LogP contribution is 2.18. The lowest BCUT2D eigenvalue weighted by Gasteiger charge is -2.32. The Hall–Kier alpha value is -4.16. The largest absolute Gasteiger partial charge is 0.497 e. The molecule has 5 nitrogen and oxygen atoms in total. The second kappa shape index (κ2) is 14.3. The lowest BCUT2D eigenvalue weighted by molar-refractivity contribution is -0.140. The maximum absolute atomic E-state index is 13.8. The van der Waals surface area contributed by atoms with E-state index in [1.165, 1.54) is 12.1 Å². The Labute approximate surface area is 239 Å². The highest BCUT2D eigenvalue weighted by molar-refractivity contribution is 6.30. The minimum atomic E-state index is -0.775. The first-order valence-electron chi connectivity index (χ1n) is 13.1. The number of nitrogens with zero attached hydrogens (tertiary/aromatic N) is 1. The topological polar surface area (TPSA) is 58.6 Å². The first kappa shape index (κ1) is 28.8. The van der Waals surface area contributed by atoms with E-state index >= 15 is 0 Å². The highest BCUT2D eigenvalue weighted by Gasteiger charge is 2.30. The number of carbonyl (C=O) groups is 2. The van der Waals surface area contributed by atoms with Gasteiger partial charge in [0.2, 0.25) is 11.8 Å². The highest BCUT2D eigenvalue weighted by atomic mass is 35.5. The normalized spacial score (nSPS) is 11.5. The van der Waals surface area contributed by atoms with E-state index in [0.29, 0.717) is 24.4 Å². The van der Waals surface area contributed by atoms with Crippen LogP contribution in [-0.2, 0) is 35.4 Å². The summed E-state index contributed by atoms with van der Waals surface area (Å²) < 4.78 is 18.9. The van der Waals surface area contributed by atoms with Crippen LogP contribution < -0.4 is 10.1 Å². The summed E-state index contributed by atoms with van der Waals surface area (Å²) in [5.41, 5.74) is 3.51. The second-order valence-corrected chi connectivity index (χ2v) is 9.98. The van der Waals surface area contributed by atoms with Crippen molar-refractivity contribution in [2.75, 3.05) is 13.7 Å². The maximum atomic E-state index is 13.8. The van der Waals surface area contributed by atoms with Crippen LogP contribution in [0.4, 0.5) is 4.39 Å². The Kier molecular flexibility index (Phi) is 10.3. The third-order valence-electron chi connectivity index (χ3n) is 6.68. The third kappa shape index (κ3) is 8.42. The molecule has 4 aromatic rings. The molecule has 2 amide bonds. The molecule has 1 atom stereocenters. The molecule has 0 unspecified atom stereocenters. The lowest BCUT2D eigenvalue weighted by atomic mass is 10.0. The predicted molar refractivity (Wildman–Crippen MR) is 156 cm³/mol. The lowest BCUT2D eigenvalue weighted by Crippen LogP contribution is -2.51. The molecule has 0 aromatic heterocycles. The van der Waals surface area contributed by atoms with Crippen molar-refractivity contribution >= 4 is 23.4 Å². The molecule has 0 spiro atoms. The van der Waals surface area contributed by atoms with Crippen LogP contribution in [0.1, 0.15) is 22.3 Å². The molecule has 1 N–H and O–H groups in total. The van der Waals surface area contributed by atoms with Crippen LogP contribution in [0.5, 0.6) is 5.75 Å². The molecule has 0 saturated carbocycles. The molecule has 0 bridgehead atoms. The van der Waals surface area contributed by atoms with Gasteiger partial charge in [-0.1, -0.05) is 78.3 Å². The van der Waals surface area contributed by atoms with Gasteiger partial charge in [0.1, 0.15) is 17.6 Å². The van der Waals surface area contributed by atoms with E-state index < -0.39 is 6.04 Å². The maximum Gasteiger partial charge on any atom is 0.243 e. The minimum Gasteiger partial charge on any atom is -0.497 e. The molecule has 0 fully saturated rings. The number of nitrogens with one attached hydrogen (secondary N) is 1. The van der Waals surface area contributed by atoms with Gasteiger partial charge in [-0.05, 0) is 65.1 Å². The zero-order valence-corrected chi connectivity index (χ0v) is 23.1. The molecular formula is C33H32ClFN2O3. The summed E-state index contributed by atoms with van der Waals surface area (Å²) in [6, 6.07) is 29.6. The Morgan fingerprint density at radius 1 is 0.825 bits per heavy atom. The molecule has 0 aliphatic carbocycles. The van der Waals surface area contributed by atoms with Gasteiger partial charge in [-0.15, -0.1) is 0 Å². The van der Waals surface area contributed by atoms with Crippen LogP contribution in [0.25, 0.3) is 0 Å². The fourth-order valence-corrected chi connectivity index (χ4v) is 4.58. The molecule has 7 heteroatoms. The quantitative estimate of drug-likeness (QED) is 0.231. The van der Waals surface area contributed by atoms with Crippen molar-refractivity contribution in [2.45, 2.75) is 31.8 Å². The van der Waals surface area contributed by atoms with Gasteiger partial charge in [-0.3, -0.25) is 9.59 Å². The summed E-state index contributed by atoms with van der Waals surface area (Å²) >= 11 is 6.04. The number of carbonyl (C=O) groups excluding carboxylic acids is 2. The molecule has 4 rings (SSSR count). The third-order valence-corrected chi connectivity index (χ3v) is 6.93. The Morgan fingerprint density at radius 2 is 1.45 bits per heavy atom. The average molecular weight is 559 g/mol. The average Bonchev–Trinajstić information content (AvgIpc) is 2.98. The van der Waals surface area contributed by atoms with Gasteiger partial charge in [0.05, 0.1) is 13.5 Å². The number of rotatable bonds is 12. The first-order valence-corrected chi connectivity index (χ1v) is 13.5. The fourth-order valence-electron chi connectivity index (χ4n) is 4.46. The van der Waals surface area contributed by atoms with E-state index in [4.69, 9.17) is 16.3 Å². The van der Waals surface area contributed by atoms with Gasteiger partial charge in [-0.25, -0.2) is 4.39 Å². The summed E-state index contributed by atoms with van der Waals surface area (Å²) in [7, 11) is 1.62. The van der Waals surface area contributed by atoms with Crippen LogP contribution in [0.15, 0.2) is 103 Å². The fraction of sp³-hybridized carbons (Fsp3) is 0.212. The summed E-state index contributed by atoms with van der Waals surface area (Å²) in [6.07, 6.45) is 1.07. The molecule has 0 radical (unpaired) electrons. The number of amides is 2. The first-order chi connectivity index (χ1) is 19.4. The monoisotopic (exact) mass is 558 g/mol. The van der Waals surface area contributed by atoms with E-state index in [9.17, 15) is 14.0 Å². The Bertz CT molecular complexity index is 1380. The van der Waals surface area contributed by atoms with E-state index in [1.54, 1.807) is 48.4 Å². The zero-order valence-electron chi connectivity index (χ0n) is 22.4. The SMILES string of the molecule is COc1ccc(CCNC(=O)[C@H](Cc2ccccc2)N(Cc2ccc(F)cc2)C(=O)Cc2ccc(Cl)cc2)cc1.